The van der Waals surface area contributed by atoms with Crippen LogP contribution in [0.1, 0.15) is 11.3 Å². The minimum absolute atomic E-state index is 0.123. The number of nitrogens with zero attached hydrogens (tertiary/aromatic N) is 2. The summed E-state index contributed by atoms with van der Waals surface area (Å²) in [5, 5.41) is 3.72. The van der Waals surface area contributed by atoms with Crippen molar-refractivity contribution in [3.63, 3.8) is 0 Å². The Morgan fingerprint density at radius 1 is 0.848 bits per heavy atom. The van der Waals surface area contributed by atoms with Gasteiger partial charge in [0, 0.05) is 28.2 Å². The third kappa shape index (κ3) is 3.92. The maximum atomic E-state index is 13.3. The SMILES string of the molecule is O=C1NC(=O)N(c2ccc(Cl)cc2)C(=O)C1=Cc1cc2ccccc2n1Cc1ccccc1. The van der Waals surface area contributed by atoms with Crippen molar-refractivity contribution in [2.75, 3.05) is 4.90 Å². The van der Waals surface area contributed by atoms with Crippen LogP contribution in [0, 0.1) is 0 Å². The number of anilines is 1. The van der Waals surface area contributed by atoms with Crippen LogP contribution in [0.25, 0.3) is 17.0 Å². The first-order valence-corrected chi connectivity index (χ1v) is 10.7. The summed E-state index contributed by atoms with van der Waals surface area (Å²) in [5.41, 5.74) is 2.94. The smallest absolute Gasteiger partial charge is 0.335 e. The number of imide groups is 2. The number of urea groups is 1. The lowest BCUT2D eigenvalue weighted by molar-refractivity contribution is -0.122. The van der Waals surface area contributed by atoms with Crippen molar-refractivity contribution in [2.45, 2.75) is 6.54 Å². The summed E-state index contributed by atoms with van der Waals surface area (Å²) in [6, 6.07) is 25.2. The number of halogens is 1. The molecule has 0 radical (unpaired) electrons. The minimum Gasteiger partial charge on any atom is -0.336 e. The second kappa shape index (κ2) is 8.41. The molecule has 0 unspecified atom stereocenters. The molecule has 0 aliphatic carbocycles. The van der Waals surface area contributed by atoms with E-state index < -0.39 is 17.8 Å². The van der Waals surface area contributed by atoms with Crippen molar-refractivity contribution in [1.82, 2.24) is 9.88 Å². The Morgan fingerprint density at radius 3 is 2.30 bits per heavy atom. The molecule has 1 N–H and O–H groups in total. The van der Waals surface area contributed by atoms with Gasteiger partial charge in [-0.15, -0.1) is 0 Å². The van der Waals surface area contributed by atoms with E-state index in [0.29, 0.717) is 22.9 Å². The highest BCUT2D eigenvalue weighted by atomic mass is 35.5. The number of aromatic nitrogens is 1. The van der Waals surface area contributed by atoms with E-state index in [1.54, 1.807) is 24.3 Å². The van der Waals surface area contributed by atoms with Gasteiger partial charge in [0.05, 0.1) is 5.69 Å². The van der Waals surface area contributed by atoms with Crippen LogP contribution in [-0.4, -0.2) is 22.4 Å². The number of rotatable bonds is 4. The highest BCUT2D eigenvalue weighted by molar-refractivity contribution is 6.39. The molecule has 5 rings (SSSR count). The Bertz CT molecular complexity index is 1420. The molecule has 2 heterocycles. The Labute approximate surface area is 194 Å². The van der Waals surface area contributed by atoms with Crippen LogP contribution in [0.15, 0.2) is 90.5 Å². The third-order valence-electron chi connectivity index (χ3n) is 5.50. The van der Waals surface area contributed by atoms with Gasteiger partial charge in [-0.3, -0.25) is 14.9 Å². The van der Waals surface area contributed by atoms with Gasteiger partial charge in [0.25, 0.3) is 11.8 Å². The standard InChI is InChI=1S/C26H18ClN3O3/c27-19-10-12-20(13-11-19)30-25(32)22(24(31)28-26(30)33)15-21-14-18-8-4-5-9-23(18)29(21)16-17-6-2-1-3-7-17/h1-15H,16H2,(H,28,31,33). The topological polar surface area (TPSA) is 71.4 Å². The summed E-state index contributed by atoms with van der Waals surface area (Å²) in [5.74, 6) is -1.42. The van der Waals surface area contributed by atoms with E-state index in [-0.39, 0.29) is 5.57 Å². The summed E-state index contributed by atoms with van der Waals surface area (Å²) in [6.07, 6.45) is 1.54. The predicted molar refractivity (Wildman–Crippen MR) is 128 cm³/mol. The first-order valence-electron chi connectivity index (χ1n) is 10.3. The number of nitrogens with one attached hydrogen (secondary N) is 1. The number of amides is 4. The fourth-order valence-corrected chi connectivity index (χ4v) is 4.05. The predicted octanol–water partition coefficient (Wildman–Crippen LogP) is 5.01. The highest BCUT2D eigenvalue weighted by Crippen LogP contribution is 2.26. The van der Waals surface area contributed by atoms with Crippen LogP contribution in [0.3, 0.4) is 0 Å². The van der Waals surface area contributed by atoms with Crippen molar-refractivity contribution in [1.29, 1.82) is 0 Å². The number of barbiturate groups is 1. The Kier molecular flexibility index (Phi) is 5.28. The maximum Gasteiger partial charge on any atom is 0.335 e. The van der Waals surface area contributed by atoms with Crippen molar-refractivity contribution in [2.24, 2.45) is 0 Å². The van der Waals surface area contributed by atoms with Gasteiger partial charge < -0.3 is 4.57 Å². The largest absolute Gasteiger partial charge is 0.336 e. The first kappa shape index (κ1) is 20.7. The number of benzene rings is 3. The van der Waals surface area contributed by atoms with E-state index in [0.717, 1.165) is 21.4 Å². The number of para-hydroxylation sites is 1. The van der Waals surface area contributed by atoms with E-state index in [1.807, 2.05) is 65.2 Å². The first-order chi connectivity index (χ1) is 16.0. The summed E-state index contributed by atoms with van der Waals surface area (Å²) in [7, 11) is 0. The van der Waals surface area contributed by atoms with Crippen molar-refractivity contribution in [3.8, 4) is 0 Å². The number of hydrogen-bond acceptors (Lipinski definition) is 3. The monoisotopic (exact) mass is 455 g/mol. The summed E-state index contributed by atoms with van der Waals surface area (Å²) < 4.78 is 2.04. The Morgan fingerprint density at radius 2 is 1.55 bits per heavy atom. The van der Waals surface area contributed by atoms with Crippen LogP contribution in [0.4, 0.5) is 10.5 Å². The number of fused-ring (bicyclic) bond motifs is 1. The van der Waals surface area contributed by atoms with E-state index >= 15 is 0 Å². The van der Waals surface area contributed by atoms with Crippen molar-refractivity contribution >= 4 is 52.1 Å². The van der Waals surface area contributed by atoms with Gasteiger partial charge in [-0.05, 0) is 48.0 Å². The second-order valence-corrected chi connectivity index (χ2v) is 8.07. The van der Waals surface area contributed by atoms with Gasteiger partial charge in [0.1, 0.15) is 5.57 Å². The lowest BCUT2D eigenvalue weighted by atomic mass is 10.1. The van der Waals surface area contributed by atoms with Gasteiger partial charge in [-0.25, -0.2) is 9.69 Å². The molecule has 1 fully saturated rings. The number of hydrogen-bond donors (Lipinski definition) is 1. The maximum absolute atomic E-state index is 13.3. The summed E-state index contributed by atoms with van der Waals surface area (Å²) in [4.78, 5) is 39.3. The fourth-order valence-electron chi connectivity index (χ4n) is 3.92. The molecular formula is C26H18ClN3O3. The summed E-state index contributed by atoms with van der Waals surface area (Å²) in [6.45, 7) is 0.559. The van der Waals surface area contributed by atoms with Crippen LogP contribution in [0.2, 0.25) is 5.02 Å². The molecule has 1 saturated heterocycles. The van der Waals surface area contributed by atoms with E-state index in [2.05, 4.69) is 5.32 Å². The van der Waals surface area contributed by atoms with Gasteiger partial charge in [0.2, 0.25) is 0 Å². The molecule has 0 spiro atoms. The Balaban J connectivity index is 1.60. The van der Waals surface area contributed by atoms with Gasteiger partial charge >= 0.3 is 6.03 Å². The average Bonchev–Trinajstić information content (AvgIpc) is 3.15. The third-order valence-corrected chi connectivity index (χ3v) is 5.76. The number of carbonyl (C=O) groups is 3. The van der Waals surface area contributed by atoms with Crippen molar-refractivity contribution < 1.29 is 14.4 Å². The second-order valence-electron chi connectivity index (χ2n) is 7.63. The summed E-state index contributed by atoms with van der Waals surface area (Å²) >= 11 is 5.93. The molecule has 1 aliphatic heterocycles. The van der Waals surface area contributed by atoms with Crippen LogP contribution < -0.4 is 10.2 Å². The van der Waals surface area contributed by atoms with Gasteiger partial charge in [0.15, 0.2) is 0 Å². The molecule has 4 aromatic rings. The normalized spacial score (nSPS) is 15.4. The van der Waals surface area contributed by atoms with Crippen molar-refractivity contribution in [3.05, 3.63) is 107 Å². The molecule has 1 aromatic heterocycles. The lowest BCUT2D eigenvalue weighted by Gasteiger charge is -2.26. The van der Waals surface area contributed by atoms with Crippen LogP contribution in [-0.2, 0) is 16.1 Å². The molecule has 1 aliphatic rings. The minimum atomic E-state index is -0.797. The molecule has 6 nitrogen and oxygen atoms in total. The molecule has 0 atom stereocenters. The zero-order valence-corrected chi connectivity index (χ0v) is 18.1. The van der Waals surface area contributed by atoms with E-state index in [9.17, 15) is 14.4 Å². The average molecular weight is 456 g/mol. The molecule has 4 amide bonds. The van der Waals surface area contributed by atoms with E-state index in [4.69, 9.17) is 11.6 Å². The molecule has 0 saturated carbocycles. The zero-order valence-electron chi connectivity index (χ0n) is 17.4. The van der Waals surface area contributed by atoms with Gasteiger partial charge in [-0.1, -0.05) is 60.1 Å². The Hall–Kier alpha value is -4.16. The molecule has 162 valence electrons. The van der Waals surface area contributed by atoms with Crippen LogP contribution in [0.5, 0.6) is 0 Å². The quantitative estimate of drug-likeness (QED) is 0.347. The molecule has 33 heavy (non-hydrogen) atoms. The molecule has 3 aromatic carbocycles. The zero-order chi connectivity index (χ0) is 22.9. The molecular weight excluding hydrogens is 438 g/mol. The molecule has 7 heteroatoms. The highest BCUT2D eigenvalue weighted by Gasteiger charge is 2.37. The van der Waals surface area contributed by atoms with Crippen LogP contribution >= 0.6 is 11.6 Å². The number of carbonyl (C=O) groups excluding carboxylic acids is 3. The fraction of sp³-hybridized carbons (Fsp3) is 0.0385. The lowest BCUT2D eigenvalue weighted by Crippen LogP contribution is -2.54. The molecule has 0 bridgehead atoms. The van der Waals surface area contributed by atoms with Gasteiger partial charge in [-0.2, -0.15) is 0 Å². The van der Waals surface area contributed by atoms with E-state index in [1.165, 1.54) is 6.08 Å².